The van der Waals surface area contributed by atoms with Crippen molar-refractivity contribution in [3.8, 4) is 0 Å². The quantitative estimate of drug-likeness (QED) is 0.831. The first-order valence-corrected chi connectivity index (χ1v) is 4.94. The van der Waals surface area contributed by atoms with E-state index < -0.39 is 18.8 Å². The van der Waals surface area contributed by atoms with Crippen molar-refractivity contribution in [1.29, 1.82) is 0 Å². The van der Waals surface area contributed by atoms with Crippen LogP contribution in [0.2, 0.25) is 0 Å². The van der Waals surface area contributed by atoms with Gasteiger partial charge in [-0.15, -0.1) is 0 Å². The van der Waals surface area contributed by atoms with Crippen LogP contribution in [0.25, 0.3) is 0 Å². The largest absolute Gasteiger partial charge is 0.405 e. The first kappa shape index (κ1) is 13.3. The summed E-state index contributed by atoms with van der Waals surface area (Å²) in [4.78, 5) is 10.9. The second-order valence-corrected chi connectivity index (χ2v) is 3.46. The molecule has 0 aliphatic carbocycles. The first-order chi connectivity index (χ1) is 7.87. The van der Waals surface area contributed by atoms with Gasteiger partial charge in [-0.05, 0) is 6.07 Å². The topological polar surface area (TPSA) is 59.0 Å². The van der Waals surface area contributed by atoms with E-state index in [0.29, 0.717) is 6.42 Å². The third-order valence-corrected chi connectivity index (χ3v) is 1.88. The summed E-state index contributed by atoms with van der Waals surface area (Å²) in [5.74, 6) is 0. The summed E-state index contributed by atoms with van der Waals surface area (Å²) in [6, 6.07) is 0.938. The van der Waals surface area contributed by atoms with Gasteiger partial charge >= 0.3 is 12.2 Å². The minimum absolute atomic E-state index is 0.237. The molecular formula is C9H13F3N4O. The van der Waals surface area contributed by atoms with Crippen molar-refractivity contribution < 1.29 is 18.0 Å². The molecule has 5 nitrogen and oxygen atoms in total. The number of aryl methyl sites for hydroxylation is 1. The van der Waals surface area contributed by atoms with Gasteiger partial charge in [0.1, 0.15) is 6.54 Å². The van der Waals surface area contributed by atoms with Gasteiger partial charge in [-0.25, -0.2) is 4.79 Å². The molecule has 1 aromatic rings. The molecule has 2 N–H and O–H groups in total. The van der Waals surface area contributed by atoms with Crippen LogP contribution >= 0.6 is 0 Å². The molecule has 0 radical (unpaired) electrons. The zero-order valence-electron chi connectivity index (χ0n) is 9.21. The van der Waals surface area contributed by atoms with E-state index in [-0.39, 0.29) is 6.54 Å². The van der Waals surface area contributed by atoms with Crippen molar-refractivity contribution in [1.82, 2.24) is 20.4 Å². The molecule has 0 fully saturated rings. The number of amides is 2. The van der Waals surface area contributed by atoms with Crippen LogP contribution in [0.1, 0.15) is 5.69 Å². The van der Waals surface area contributed by atoms with E-state index in [0.717, 1.165) is 5.69 Å². The maximum Gasteiger partial charge on any atom is 0.405 e. The summed E-state index contributed by atoms with van der Waals surface area (Å²) < 4.78 is 36.9. The molecule has 1 heterocycles. The van der Waals surface area contributed by atoms with Crippen molar-refractivity contribution in [2.24, 2.45) is 7.05 Å². The van der Waals surface area contributed by atoms with Gasteiger partial charge in [0, 0.05) is 26.2 Å². The molecule has 0 aliphatic rings. The molecule has 1 rings (SSSR count). The molecule has 17 heavy (non-hydrogen) atoms. The maximum atomic E-state index is 11.8. The third kappa shape index (κ3) is 5.79. The number of hydrogen-bond acceptors (Lipinski definition) is 2. The van der Waals surface area contributed by atoms with Gasteiger partial charge < -0.3 is 10.6 Å². The van der Waals surface area contributed by atoms with Gasteiger partial charge in [0.15, 0.2) is 0 Å². The summed E-state index contributed by atoms with van der Waals surface area (Å²) in [6.45, 7) is -1.09. The Hall–Kier alpha value is -1.73. The maximum absolute atomic E-state index is 11.8. The number of carbonyl (C=O) groups excluding carboxylic acids is 1. The van der Waals surface area contributed by atoms with Crippen LogP contribution in [0.3, 0.4) is 0 Å². The SMILES string of the molecule is Cn1ccc(CCNC(=O)NCC(F)(F)F)n1. The molecule has 0 saturated heterocycles. The van der Waals surface area contributed by atoms with Crippen molar-refractivity contribution in [3.63, 3.8) is 0 Å². The Morgan fingerprint density at radius 2 is 2.18 bits per heavy atom. The Balaban J connectivity index is 2.16. The third-order valence-electron chi connectivity index (χ3n) is 1.88. The molecule has 0 atom stereocenters. The lowest BCUT2D eigenvalue weighted by Gasteiger charge is -2.09. The van der Waals surface area contributed by atoms with Gasteiger partial charge in [-0.2, -0.15) is 18.3 Å². The smallest absolute Gasteiger partial charge is 0.338 e. The fourth-order valence-electron chi connectivity index (χ4n) is 1.14. The van der Waals surface area contributed by atoms with Gasteiger partial charge in [0.05, 0.1) is 5.69 Å². The molecular weight excluding hydrogens is 237 g/mol. The van der Waals surface area contributed by atoms with E-state index in [1.165, 1.54) is 0 Å². The highest BCUT2D eigenvalue weighted by Gasteiger charge is 2.27. The van der Waals surface area contributed by atoms with E-state index in [9.17, 15) is 18.0 Å². The molecule has 96 valence electrons. The number of carbonyl (C=O) groups is 1. The predicted molar refractivity (Wildman–Crippen MR) is 54.4 cm³/mol. The lowest BCUT2D eigenvalue weighted by molar-refractivity contribution is -0.122. The zero-order chi connectivity index (χ0) is 12.9. The number of aromatic nitrogens is 2. The van der Waals surface area contributed by atoms with Crippen molar-refractivity contribution in [2.45, 2.75) is 12.6 Å². The van der Waals surface area contributed by atoms with Gasteiger partial charge in [0.25, 0.3) is 0 Å². The number of hydrogen-bond donors (Lipinski definition) is 2. The van der Waals surface area contributed by atoms with Crippen LogP contribution in [-0.4, -0.2) is 35.1 Å². The number of nitrogens with zero attached hydrogens (tertiary/aromatic N) is 2. The Bertz CT molecular complexity index is 375. The predicted octanol–water partition coefficient (Wildman–Crippen LogP) is 0.824. The number of urea groups is 1. The fraction of sp³-hybridized carbons (Fsp3) is 0.556. The average molecular weight is 250 g/mol. The second-order valence-electron chi connectivity index (χ2n) is 3.46. The fourth-order valence-corrected chi connectivity index (χ4v) is 1.14. The highest BCUT2D eigenvalue weighted by molar-refractivity contribution is 5.73. The molecule has 0 aliphatic heterocycles. The molecule has 0 spiro atoms. The molecule has 2 amide bonds. The van der Waals surface area contributed by atoms with Gasteiger partial charge in [0.2, 0.25) is 0 Å². The zero-order valence-corrected chi connectivity index (χ0v) is 9.21. The summed E-state index contributed by atoms with van der Waals surface area (Å²) >= 11 is 0. The Morgan fingerprint density at radius 1 is 1.47 bits per heavy atom. The Labute approximate surface area is 96.0 Å². The van der Waals surface area contributed by atoms with E-state index in [4.69, 9.17) is 0 Å². The summed E-state index contributed by atoms with van der Waals surface area (Å²) in [7, 11) is 1.76. The van der Waals surface area contributed by atoms with Crippen LogP contribution in [0.5, 0.6) is 0 Å². The minimum atomic E-state index is -4.39. The molecule has 0 aromatic carbocycles. The van der Waals surface area contributed by atoms with Crippen LogP contribution in [0.15, 0.2) is 12.3 Å². The van der Waals surface area contributed by atoms with Crippen molar-refractivity contribution >= 4 is 6.03 Å². The normalized spacial score (nSPS) is 11.3. The van der Waals surface area contributed by atoms with Crippen molar-refractivity contribution in [3.05, 3.63) is 18.0 Å². The van der Waals surface area contributed by atoms with Crippen LogP contribution in [0, 0.1) is 0 Å². The molecule has 0 saturated carbocycles. The van der Waals surface area contributed by atoms with Gasteiger partial charge in [-0.1, -0.05) is 0 Å². The number of nitrogens with one attached hydrogen (secondary N) is 2. The highest BCUT2D eigenvalue weighted by Crippen LogP contribution is 2.11. The molecule has 0 bridgehead atoms. The molecule has 0 unspecified atom stereocenters. The van der Waals surface area contributed by atoms with E-state index in [1.807, 2.05) is 0 Å². The Kier molecular flexibility index (Phi) is 4.36. The average Bonchev–Trinajstić information content (AvgIpc) is 2.60. The molecule has 1 aromatic heterocycles. The van der Waals surface area contributed by atoms with E-state index in [2.05, 4.69) is 10.4 Å². The first-order valence-electron chi connectivity index (χ1n) is 4.94. The van der Waals surface area contributed by atoms with Crippen LogP contribution in [0.4, 0.5) is 18.0 Å². The van der Waals surface area contributed by atoms with E-state index in [1.54, 1.807) is 29.3 Å². The van der Waals surface area contributed by atoms with E-state index >= 15 is 0 Å². The standard InChI is InChI=1S/C9H13F3N4O/c1-16-5-3-7(15-16)2-4-13-8(17)14-6-9(10,11)12/h3,5H,2,4,6H2,1H3,(H2,13,14,17). The minimum Gasteiger partial charge on any atom is -0.338 e. The lowest BCUT2D eigenvalue weighted by Crippen LogP contribution is -2.41. The van der Waals surface area contributed by atoms with Gasteiger partial charge in [-0.3, -0.25) is 4.68 Å². The second kappa shape index (κ2) is 5.55. The number of rotatable bonds is 4. The van der Waals surface area contributed by atoms with Crippen LogP contribution in [-0.2, 0) is 13.5 Å². The summed E-state index contributed by atoms with van der Waals surface area (Å²) in [5, 5.41) is 8.08. The molecule has 8 heteroatoms. The van der Waals surface area contributed by atoms with Crippen molar-refractivity contribution in [2.75, 3.05) is 13.1 Å². The number of alkyl halides is 3. The summed E-state index contributed by atoms with van der Waals surface area (Å²) in [5.41, 5.74) is 0.767. The lowest BCUT2D eigenvalue weighted by atomic mass is 10.3. The van der Waals surface area contributed by atoms with Crippen LogP contribution < -0.4 is 10.6 Å². The highest BCUT2D eigenvalue weighted by atomic mass is 19.4. The summed E-state index contributed by atoms with van der Waals surface area (Å²) in [6.07, 6.45) is -2.17. The Morgan fingerprint density at radius 3 is 2.71 bits per heavy atom. The monoisotopic (exact) mass is 250 g/mol. The number of halogens is 3.